The third-order valence-corrected chi connectivity index (χ3v) is 5.15. The smallest absolute Gasteiger partial charge is 0.262 e. The van der Waals surface area contributed by atoms with Gasteiger partial charge in [0.2, 0.25) is 5.91 Å². The molecule has 0 spiro atoms. The summed E-state index contributed by atoms with van der Waals surface area (Å²) in [6.45, 7) is 2.00. The van der Waals surface area contributed by atoms with Gasteiger partial charge >= 0.3 is 0 Å². The number of hydrogen-bond donors (Lipinski definition) is 2. The van der Waals surface area contributed by atoms with E-state index < -0.39 is 15.8 Å². The van der Waals surface area contributed by atoms with E-state index in [-0.39, 0.29) is 23.2 Å². The Balaban J connectivity index is 1.84. The van der Waals surface area contributed by atoms with E-state index >= 15 is 0 Å². The van der Waals surface area contributed by atoms with Crippen LogP contribution < -0.4 is 14.8 Å². The molecule has 3 rings (SSSR count). The van der Waals surface area contributed by atoms with Crippen LogP contribution in [0.3, 0.4) is 0 Å². The molecule has 0 fully saturated rings. The number of anilines is 2. The fourth-order valence-electron chi connectivity index (χ4n) is 2.58. The molecule has 0 aliphatic carbocycles. The van der Waals surface area contributed by atoms with Gasteiger partial charge in [-0.2, -0.15) is 0 Å². The zero-order valence-corrected chi connectivity index (χ0v) is 14.3. The van der Waals surface area contributed by atoms with Crippen molar-refractivity contribution in [3.8, 4) is 5.75 Å². The van der Waals surface area contributed by atoms with Gasteiger partial charge in [0.15, 0.2) is 11.6 Å². The molecule has 1 heterocycles. The summed E-state index contributed by atoms with van der Waals surface area (Å²) in [5.41, 5.74) is 1.87. The van der Waals surface area contributed by atoms with Gasteiger partial charge in [-0.05, 0) is 55.3 Å². The van der Waals surface area contributed by atoms with Crippen LogP contribution in [0.2, 0.25) is 0 Å². The molecule has 8 heteroatoms. The van der Waals surface area contributed by atoms with Crippen LogP contribution in [0.15, 0.2) is 41.3 Å². The number of hydrogen-bond acceptors (Lipinski definition) is 4. The van der Waals surface area contributed by atoms with Gasteiger partial charge in [-0.25, -0.2) is 12.8 Å². The Morgan fingerprint density at radius 3 is 2.72 bits per heavy atom. The molecule has 0 atom stereocenters. The summed E-state index contributed by atoms with van der Waals surface area (Å²) in [5, 5.41) is 2.73. The molecule has 25 heavy (non-hydrogen) atoms. The third-order valence-electron chi connectivity index (χ3n) is 3.77. The number of sulfonamides is 1. The molecule has 2 aromatic carbocycles. The second-order valence-corrected chi connectivity index (χ2v) is 7.23. The zero-order chi connectivity index (χ0) is 18.0. The molecule has 132 valence electrons. The van der Waals surface area contributed by atoms with Crippen molar-refractivity contribution in [2.75, 3.05) is 16.6 Å². The van der Waals surface area contributed by atoms with Crippen LogP contribution in [0.25, 0.3) is 0 Å². The number of benzene rings is 2. The molecule has 2 aromatic rings. The molecule has 0 radical (unpaired) electrons. The highest BCUT2D eigenvalue weighted by Gasteiger charge is 2.19. The Kier molecular flexibility index (Phi) is 4.63. The maximum absolute atomic E-state index is 13.9. The van der Waals surface area contributed by atoms with E-state index in [1.54, 1.807) is 25.1 Å². The van der Waals surface area contributed by atoms with Crippen molar-refractivity contribution in [2.45, 2.75) is 24.7 Å². The predicted molar refractivity (Wildman–Crippen MR) is 91.8 cm³/mol. The van der Waals surface area contributed by atoms with Gasteiger partial charge in [0, 0.05) is 17.8 Å². The Labute approximate surface area is 145 Å². The molecular weight excluding hydrogens is 347 g/mol. The van der Waals surface area contributed by atoms with Crippen LogP contribution in [0.5, 0.6) is 5.75 Å². The van der Waals surface area contributed by atoms with Gasteiger partial charge in [0.1, 0.15) is 0 Å². The second-order valence-electron chi connectivity index (χ2n) is 5.55. The number of amides is 1. The highest BCUT2D eigenvalue weighted by atomic mass is 32.2. The van der Waals surface area contributed by atoms with E-state index in [0.717, 1.165) is 11.6 Å². The Hall–Kier alpha value is -2.61. The molecule has 0 saturated heterocycles. The first kappa shape index (κ1) is 17.2. The first-order chi connectivity index (χ1) is 11.9. The van der Waals surface area contributed by atoms with E-state index in [2.05, 4.69) is 10.0 Å². The van der Waals surface area contributed by atoms with Crippen molar-refractivity contribution in [3.63, 3.8) is 0 Å². The molecule has 1 amide bonds. The van der Waals surface area contributed by atoms with Crippen molar-refractivity contribution in [1.29, 1.82) is 0 Å². The lowest BCUT2D eigenvalue weighted by molar-refractivity contribution is -0.116. The summed E-state index contributed by atoms with van der Waals surface area (Å²) in [6, 6.07) is 8.35. The lowest BCUT2D eigenvalue weighted by Crippen LogP contribution is -2.19. The summed E-state index contributed by atoms with van der Waals surface area (Å²) in [6.07, 6.45) is 0.891. The summed E-state index contributed by atoms with van der Waals surface area (Å²) in [5.74, 6) is -0.797. The third kappa shape index (κ3) is 3.74. The Morgan fingerprint density at radius 2 is 2.00 bits per heavy atom. The van der Waals surface area contributed by atoms with Gasteiger partial charge in [-0.15, -0.1) is 0 Å². The predicted octanol–water partition coefficient (Wildman–Crippen LogP) is 2.91. The van der Waals surface area contributed by atoms with E-state index in [0.29, 0.717) is 24.2 Å². The highest BCUT2D eigenvalue weighted by molar-refractivity contribution is 7.92. The van der Waals surface area contributed by atoms with E-state index in [1.165, 1.54) is 12.1 Å². The number of carbonyl (C=O) groups excluding carboxylic acids is 1. The minimum atomic E-state index is -3.94. The first-order valence-corrected chi connectivity index (χ1v) is 9.25. The fourth-order valence-corrected chi connectivity index (χ4v) is 3.64. The maximum atomic E-state index is 13.9. The molecule has 2 N–H and O–H groups in total. The van der Waals surface area contributed by atoms with E-state index in [4.69, 9.17) is 4.74 Å². The number of halogens is 1. The number of rotatable bonds is 5. The number of aryl methyl sites for hydroxylation is 1. The topological polar surface area (TPSA) is 84.5 Å². The maximum Gasteiger partial charge on any atom is 0.262 e. The highest BCUT2D eigenvalue weighted by Crippen LogP contribution is 2.28. The van der Waals surface area contributed by atoms with Crippen LogP contribution in [0.1, 0.15) is 18.9 Å². The quantitative estimate of drug-likeness (QED) is 0.854. The van der Waals surface area contributed by atoms with Crippen molar-refractivity contribution in [2.24, 2.45) is 0 Å². The monoisotopic (exact) mass is 364 g/mol. The van der Waals surface area contributed by atoms with E-state index in [9.17, 15) is 17.6 Å². The van der Waals surface area contributed by atoms with Gasteiger partial charge in [0.05, 0.1) is 11.5 Å². The number of carbonyl (C=O) groups is 1. The lowest BCUT2D eigenvalue weighted by Gasteiger charge is -2.18. The number of ether oxygens (including phenoxy) is 1. The molecule has 1 aliphatic rings. The van der Waals surface area contributed by atoms with Crippen molar-refractivity contribution >= 4 is 27.3 Å². The average molecular weight is 364 g/mol. The summed E-state index contributed by atoms with van der Waals surface area (Å²) in [4.78, 5) is 11.2. The van der Waals surface area contributed by atoms with Crippen LogP contribution >= 0.6 is 0 Å². The van der Waals surface area contributed by atoms with E-state index in [1.807, 2.05) is 0 Å². The summed E-state index contributed by atoms with van der Waals surface area (Å²) in [7, 11) is -3.94. The van der Waals surface area contributed by atoms with Gasteiger partial charge in [-0.1, -0.05) is 0 Å². The fraction of sp³-hybridized carbons (Fsp3) is 0.235. The molecule has 1 aliphatic heterocycles. The van der Waals surface area contributed by atoms with Crippen LogP contribution in [-0.4, -0.2) is 20.9 Å². The SMILES string of the molecule is CCOc1ccc(S(=O)(=O)Nc2ccc3c(c2)CCC(=O)N3)cc1F. The second kappa shape index (κ2) is 6.72. The molecule has 0 bridgehead atoms. The molecule has 0 unspecified atom stereocenters. The summed E-state index contributed by atoms with van der Waals surface area (Å²) >= 11 is 0. The van der Waals surface area contributed by atoms with Crippen molar-refractivity contribution < 1.29 is 22.3 Å². The Morgan fingerprint density at radius 1 is 1.20 bits per heavy atom. The zero-order valence-electron chi connectivity index (χ0n) is 13.5. The molecule has 0 saturated carbocycles. The summed E-state index contributed by atoms with van der Waals surface area (Å²) < 4.78 is 46.3. The minimum Gasteiger partial charge on any atom is -0.491 e. The average Bonchev–Trinajstić information content (AvgIpc) is 2.56. The molecule has 0 aromatic heterocycles. The molecular formula is C17H17FN2O4S. The largest absolute Gasteiger partial charge is 0.491 e. The van der Waals surface area contributed by atoms with Crippen LogP contribution in [0, 0.1) is 5.82 Å². The normalized spacial score (nSPS) is 13.8. The number of fused-ring (bicyclic) bond motifs is 1. The first-order valence-electron chi connectivity index (χ1n) is 7.77. The standard InChI is InChI=1S/C17H17FN2O4S/c1-2-24-16-7-5-13(10-14(16)18)25(22,23)20-12-4-6-15-11(9-12)3-8-17(21)19-15/h4-7,9-10,20H,2-3,8H2,1H3,(H,19,21). The van der Waals surface area contributed by atoms with Gasteiger partial charge in [0.25, 0.3) is 10.0 Å². The lowest BCUT2D eigenvalue weighted by atomic mass is 10.0. The number of nitrogens with one attached hydrogen (secondary N) is 2. The van der Waals surface area contributed by atoms with Crippen molar-refractivity contribution in [1.82, 2.24) is 0 Å². The van der Waals surface area contributed by atoms with Gasteiger partial charge < -0.3 is 10.1 Å². The minimum absolute atomic E-state index is 0.00553. The Bertz CT molecular complexity index is 928. The molecule has 6 nitrogen and oxygen atoms in total. The van der Waals surface area contributed by atoms with Crippen LogP contribution in [-0.2, 0) is 21.2 Å². The van der Waals surface area contributed by atoms with Gasteiger partial charge in [-0.3, -0.25) is 9.52 Å². The van der Waals surface area contributed by atoms with Crippen molar-refractivity contribution in [3.05, 3.63) is 47.8 Å². The van der Waals surface area contributed by atoms with Crippen LogP contribution in [0.4, 0.5) is 15.8 Å².